The third-order valence-corrected chi connectivity index (χ3v) is 3.70. The van der Waals surface area contributed by atoms with Crippen molar-refractivity contribution in [3.63, 3.8) is 0 Å². The Hall–Kier alpha value is -1.94. The SMILES string of the molecule is NCc1ccc([C@@H]2CCCN2c2cnccn2)cc1. The minimum atomic E-state index is 0.406. The molecule has 1 aromatic heterocycles. The number of hydrogen-bond acceptors (Lipinski definition) is 4. The molecule has 0 unspecified atom stereocenters. The maximum atomic E-state index is 5.64. The highest BCUT2D eigenvalue weighted by molar-refractivity contribution is 5.42. The summed E-state index contributed by atoms with van der Waals surface area (Å²) in [6.07, 6.45) is 7.66. The molecule has 0 amide bonds. The van der Waals surface area contributed by atoms with Gasteiger partial charge in [-0.25, -0.2) is 4.98 Å². The second-order valence-corrected chi connectivity index (χ2v) is 4.86. The fourth-order valence-corrected chi connectivity index (χ4v) is 2.70. The van der Waals surface area contributed by atoms with Crippen LogP contribution in [0.5, 0.6) is 0 Å². The predicted octanol–water partition coefficient (Wildman–Crippen LogP) is 2.28. The molecule has 98 valence electrons. The van der Waals surface area contributed by atoms with Crippen LogP contribution in [0, 0.1) is 0 Å². The van der Waals surface area contributed by atoms with E-state index in [1.54, 1.807) is 12.4 Å². The molecule has 0 bridgehead atoms. The highest BCUT2D eigenvalue weighted by atomic mass is 15.2. The highest BCUT2D eigenvalue weighted by Crippen LogP contribution is 2.34. The van der Waals surface area contributed by atoms with Gasteiger partial charge in [-0.15, -0.1) is 0 Å². The number of benzene rings is 1. The average Bonchev–Trinajstić information content (AvgIpc) is 2.98. The van der Waals surface area contributed by atoms with Crippen LogP contribution in [-0.2, 0) is 6.54 Å². The van der Waals surface area contributed by atoms with Gasteiger partial charge in [0.2, 0.25) is 0 Å². The summed E-state index contributed by atoms with van der Waals surface area (Å²) in [5.74, 6) is 0.966. The molecular weight excluding hydrogens is 236 g/mol. The molecule has 1 fully saturated rings. The van der Waals surface area contributed by atoms with E-state index in [1.165, 1.54) is 24.0 Å². The van der Waals surface area contributed by atoms with Gasteiger partial charge in [-0.2, -0.15) is 0 Å². The summed E-state index contributed by atoms with van der Waals surface area (Å²) in [4.78, 5) is 10.9. The van der Waals surface area contributed by atoms with Crippen molar-refractivity contribution < 1.29 is 0 Å². The van der Waals surface area contributed by atoms with Gasteiger partial charge in [-0.3, -0.25) is 4.98 Å². The lowest BCUT2D eigenvalue weighted by molar-refractivity contribution is 0.709. The number of hydrogen-bond donors (Lipinski definition) is 1. The highest BCUT2D eigenvalue weighted by Gasteiger charge is 2.26. The largest absolute Gasteiger partial charge is 0.348 e. The van der Waals surface area contributed by atoms with Crippen molar-refractivity contribution in [2.45, 2.75) is 25.4 Å². The average molecular weight is 254 g/mol. The van der Waals surface area contributed by atoms with Crippen LogP contribution in [0.2, 0.25) is 0 Å². The Morgan fingerprint density at radius 1 is 1.21 bits per heavy atom. The lowest BCUT2D eigenvalue weighted by Crippen LogP contribution is -2.23. The Morgan fingerprint density at radius 3 is 2.74 bits per heavy atom. The maximum absolute atomic E-state index is 5.64. The van der Waals surface area contributed by atoms with Gasteiger partial charge < -0.3 is 10.6 Å². The van der Waals surface area contributed by atoms with Crippen molar-refractivity contribution in [3.8, 4) is 0 Å². The normalized spacial score (nSPS) is 18.8. The molecule has 0 spiro atoms. The molecule has 1 saturated heterocycles. The van der Waals surface area contributed by atoms with Gasteiger partial charge in [0.1, 0.15) is 5.82 Å². The van der Waals surface area contributed by atoms with E-state index in [0.717, 1.165) is 12.4 Å². The molecule has 2 heterocycles. The van der Waals surface area contributed by atoms with Crippen LogP contribution >= 0.6 is 0 Å². The molecule has 0 saturated carbocycles. The lowest BCUT2D eigenvalue weighted by atomic mass is 10.0. The van der Waals surface area contributed by atoms with Gasteiger partial charge in [0, 0.05) is 25.5 Å². The van der Waals surface area contributed by atoms with Crippen molar-refractivity contribution in [1.82, 2.24) is 9.97 Å². The second-order valence-electron chi connectivity index (χ2n) is 4.86. The zero-order valence-corrected chi connectivity index (χ0v) is 10.9. The lowest BCUT2D eigenvalue weighted by Gasteiger charge is -2.25. The third kappa shape index (κ3) is 2.44. The molecule has 1 aliphatic heterocycles. The van der Waals surface area contributed by atoms with Crippen LogP contribution in [0.4, 0.5) is 5.82 Å². The van der Waals surface area contributed by atoms with Gasteiger partial charge in [0.05, 0.1) is 12.2 Å². The molecule has 4 heteroatoms. The Kier molecular flexibility index (Phi) is 3.42. The molecule has 1 aliphatic rings. The number of rotatable bonds is 3. The van der Waals surface area contributed by atoms with E-state index in [-0.39, 0.29) is 0 Å². The van der Waals surface area contributed by atoms with Gasteiger partial charge >= 0.3 is 0 Å². The van der Waals surface area contributed by atoms with Crippen molar-refractivity contribution in [2.75, 3.05) is 11.4 Å². The van der Waals surface area contributed by atoms with Crippen LogP contribution in [0.1, 0.15) is 30.0 Å². The monoisotopic (exact) mass is 254 g/mol. The standard InChI is InChI=1S/C15H18N4/c16-10-12-3-5-13(6-4-12)14-2-1-9-19(14)15-11-17-7-8-18-15/h3-8,11,14H,1-2,9-10,16H2/t14-/m0/s1. The number of aromatic nitrogens is 2. The summed E-state index contributed by atoms with van der Waals surface area (Å²) in [6.45, 7) is 1.64. The molecule has 19 heavy (non-hydrogen) atoms. The third-order valence-electron chi connectivity index (χ3n) is 3.70. The molecule has 2 N–H and O–H groups in total. The zero-order valence-electron chi connectivity index (χ0n) is 10.9. The molecule has 3 rings (SSSR count). The van der Waals surface area contributed by atoms with Crippen LogP contribution < -0.4 is 10.6 Å². The summed E-state index contributed by atoms with van der Waals surface area (Å²) in [7, 11) is 0. The predicted molar refractivity (Wildman–Crippen MR) is 75.7 cm³/mol. The van der Waals surface area contributed by atoms with Gasteiger partial charge in [-0.05, 0) is 24.0 Å². The van der Waals surface area contributed by atoms with Crippen LogP contribution in [0.25, 0.3) is 0 Å². The van der Waals surface area contributed by atoms with Crippen LogP contribution in [0.3, 0.4) is 0 Å². The first-order valence-corrected chi connectivity index (χ1v) is 6.70. The van der Waals surface area contributed by atoms with Crippen LogP contribution in [0.15, 0.2) is 42.9 Å². The second kappa shape index (κ2) is 5.36. The first-order chi connectivity index (χ1) is 9.38. The topological polar surface area (TPSA) is 55.0 Å². The Bertz CT molecular complexity index is 524. The quantitative estimate of drug-likeness (QED) is 0.913. The Morgan fingerprint density at radius 2 is 2.05 bits per heavy atom. The fourth-order valence-electron chi connectivity index (χ4n) is 2.70. The van der Waals surface area contributed by atoms with Crippen molar-refractivity contribution in [2.24, 2.45) is 5.73 Å². The first-order valence-electron chi connectivity index (χ1n) is 6.70. The Balaban J connectivity index is 1.86. The van der Waals surface area contributed by atoms with E-state index >= 15 is 0 Å². The minimum Gasteiger partial charge on any atom is -0.348 e. The number of anilines is 1. The molecular formula is C15H18N4. The fraction of sp³-hybridized carbons (Fsp3) is 0.333. The van der Waals surface area contributed by atoms with Crippen LogP contribution in [-0.4, -0.2) is 16.5 Å². The number of nitrogens with two attached hydrogens (primary N) is 1. The summed E-state index contributed by atoms with van der Waals surface area (Å²) in [5.41, 5.74) is 8.15. The van der Waals surface area contributed by atoms with E-state index in [2.05, 4.69) is 39.1 Å². The van der Waals surface area contributed by atoms with Crippen molar-refractivity contribution in [3.05, 3.63) is 54.0 Å². The van der Waals surface area contributed by atoms with E-state index < -0.39 is 0 Å². The summed E-state index contributed by atoms with van der Waals surface area (Å²) in [5, 5.41) is 0. The van der Waals surface area contributed by atoms with E-state index in [4.69, 9.17) is 5.73 Å². The summed E-state index contributed by atoms with van der Waals surface area (Å²) in [6, 6.07) is 9.00. The Labute approximate surface area is 113 Å². The van der Waals surface area contributed by atoms with Gasteiger partial charge in [-0.1, -0.05) is 24.3 Å². The van der Waals surface area contributed by atoms with Crippen molar-refractivity contribution in [1.29, 1.82) is 0 Å². The molecule has 0 radical (unpaired) electrons. The summed E-state index contributed by atoms with van der Waals surface area (Å²) < 4.78 is 0. The molecule has 4 nitrogen and oxygen atoms in total. The van der Waals surface area contributed by atoms with Gasteiger partial charge in [0.15, 0.2) is 0 Å². The number of nitrogens with zero attached hydrogens (tertiary/aromatic N) is 3. The smallest absolute Gasteiger partial charge is 0.147 e. The van der Waals surface area contributed by atoms with E-state index in [9.17, 15) is 0 Å². The summed E-state index contributed by atoms with van der Waals surface area (Å²) >= 11 is 0. The van der Waals surface area contributed by atoms with Gasteiger partial charge in [0.25, 0.3) is 0 Å². The molecule has 2 aromatic rings. The molecule has 1 aromatic carbocycles. The zero-order chi connectivity index (χ0) is 13.1. The van der Waals surface area contributed by atoms with Crippen molar-refractivity contribution >= 4 is 5.82 Å². The minimum absolute atomic E-state index is 0.406. The van der Waals surface area contributed by atoms with E-state index in [1.807, 2.05) is 6.20 Å². The molecule has 1 atom stereocenters. The first kappa shape index (κ1) is 12.1. The van der Waals surface area contributed by atoms with E-state index in [0.29, 0.717) is 12.6 Å². The maximum Gasteiger partial charge on any atom is 0.147 e. The molecule has 0 aliphatic carbocycles.